The third-order valence-electron chi connectivity index (χ3n) is 6.15. The van der Waals surface area contributed by atoms with Gasteiger partial charge in [-0.1, -0.05) is 42.8 Å². The molecule has 1 N–H and O–H groups in total. The minimum Gasteiger partial charge on any atom is -0.507 e. The molecule has 0 bridgehead atoms. The lowest BCUT2D eigenvalue weighted by atomic mass is 9.84. The van der Waals surface area contributed by atoms with Gasteiger partial charge in [-0.25, -0.2) is 0 Å². The Bertz CT molecular complexity index is 860. The van der Waals surface area contributed by atoms with E-state index < -0.39 is 0 Å². The maximum atomic E-state index is 12.4. The smallest absolute Gasteiger partial charge is 0.189 e. The highest BCUT2D eigenvalue weighted by Gasteiger charge is 2.33. The van der Waals surface area contributed by atoms with E-state index in [2.05, 4.69) is 4.90 Å². The Morgan fingerprint density at radius 2 is 1.90 bits per heavy atom. The Labute approximate surface area is 172 Å². The van der Waals surface area contributed by atoms with Crippen molar-refractivity contribution in [3.05, 3.63) is 65.7 Å². The molecule has 2 atom stereocenters. The third-order valence-corrected chi connectivity index (χ3v) is 6.15. The van der Waals surface area contributed by atoms with E-state index >= 15 is 0 Å². The van der Waals surface area contributed by atoms with Crippen molar-refractivity contribution in [2.75, 3.05) is 19.7 Å². The molecule has 152 valence electrons. The first-order chi connectivity index (χ1) is 14.2. The van der Waals surface area contributed by atoms with Crippen molar-refractivity contribution in [2.45, 2.75) is 38.1 Å². The fourth-order valence-corrected chi connectivity index (χ4v) is 4.61. The first kappa shape index (κ1) is 19.7. The second kappa shape index (κ2) is 9.27. The second-order valence-corrected chi connectivity index (χ2v) is 8.10. The Morgan fingerprint density at radius 1 is 1.07 bits per heavy atom. The first-order valence-electron chi connectivity index (χ1n) is 10.7. The first-order valence-corrected chi connectivity index (χ1v) is 10.7. The van der Waals surface area contributed by atoms with E-state index in [1.807, 2.05) is 30.3 Å². The number of fused-ring (bicyclic) bond motifs is 1. The maximum Gasteiger partial charge on any atom is 0.189 e. The van der Waals surface area contributed by atoms with Gasteiger partial charge in [0.05, 0.1) is 12.2 Å². The molecule has 0 radical (unpaired) electrons. The lowest BCUT2D eigenvalue weighted by Gasteiger charge is -2.44. The molecule has 2 aromatic rings. The molecular formula is C25H29NO3. The molecule has 2 saturated heterocycles. The molecule has 2 aromatic carbocycles. The minimum atomic E-state index is -0.219. The number of hydrogen-bond donors (Lipinski definition) is 1. The predicted octanol–water partition coefficient (Wildman–Crippen LogP) is 4.93. The molecule has 0 aromatic heterocycles. The highest BCUT2D eigenvalue weighted by Crippen LogP contribution is 2.32. The number of nitrogens with zero attached hydrogens (tertiary/aromatic N) is 1. The van der Waals surface area contributed by atoms with E-state index in [0.29, 0.717) is 29.9 Å². The van der Waals surface area contributed by atoms with Crippen LogP contribution in [0.15, 0.2) is 54.6 Å². The Morgan fingerprint density at radius 3 is 2.72 bits per heavy atom. The summed E-state index contributed by atoms with van der Waals surface area (Å²) in [6.45, 7) is 3.10. The summed E-state index contributed by atoms with van der Waals surface area (Å²) in [5.74, 6) is 0.913. The van der Waals surface area contributed by atoms with Gasteiger partial charge in [-0.15, -0.1) is 0 Å². The number of hydrogen-bond acceptors (Lipinski definition) is 4. The SMILES string of the molecule is O=C(/C=C/c1ccccc1)c1ccc(OCC2CCCN3CCCCC23)cc1O. The van der Waals surface area contributed by atoms with Crippen LogP contribution >= 0.6 is 0 Å². The number of ether oxygens (including phenoxy) is 1. The summed E-state index contributed by atoms with van der Waals surface area (Å²) >= 11 is 0. The number of carbonyl (C=O) groups excluding carboxylic acids is 1. The summed E-state index contributed by atoms with van der Waals surface area (Å²) in [5.41, 5.74) is 1.24. The molecule has 0 aliphatic carbocycles. The van der Waals surface area contributed by atoms with Crippen LogP contribution in [-0.2, 0) is 0 Å². The average molecular weight is 392 g/mol. The number of allylic oxidation sites excluding steroid dienone is 1. The minimum absolute atomic E-state index is 0.0341. The van der Waals surface area contributed by atoms with Crippen LogP contribution in [0.3, 0.4) is 0 Å². The summed E-state index contributed by atoms with van der Waals surface area (Å²) < 4.78 is 6.02. The summed E-state index contributed by atoms with van der Waals surface area (Å²) in [4.78, 5) is 15.0. The van der Waals surface area contributed by atoms with Crippen molar-refractivity contribution in [1.29, 1.82) is 0 Å². The zero-order valence-corrected chi connectivity index (χ0v) is 16.8. The number of benzene rings is 2. The summed E-state index contributed by atoms with van der Waals surface area (Å²) in [5, 5.41) is 10.3. The second-order valence-electron chi connectivity index (χ2n) is 8.10. The van der Waals surface area contributed by atoms with Crippen LogP contribution < -0.4 is 4.74 Å². The summed E-state index contributed by atoms with van der Waals surface area (Å²) in [6.07, 6.45) is 9.57. The quantitative estimate of drug-likeness (QED) is 0.560. The Kier molecular flexibility index (Phi) is 6.30. The van der Waals surface area contributed by atoms with Gasteiger partial charge in [0.25, 0.3) is 0 Å². The molecule has 4 rings (SSSR count). The number of rotatable bonds is 6. The van der Waals surface area contributed by atoms with Crippen molar-refractivity contribution in [3.63, 3.8) is 0 Å². The van der Waals surface area contributed by atoms with Gasteiger partial charge < -0.3 is 9.84 Å². The monoisotopic (exact) mass is 391 g/mol. The van der Waals surface area contributed by atoms with Crippen LogP contribution in [0.4, 0.5) is 0 Å². The van der Waals surface area contributed by atoms with Crippen molar-refractivity contribution in [3.8, 4) is 11.5 Å². The Balaban J connectivity index is 1.37. The van der Waals surface area contributed by atoms with Gasteiger partial charge in [0, 0.05) is 18.0 Å². The molecule has 4 heteroatoms. The van der Waals surface area contributed by atoms with Gasteiger partial charge >= 0.3 is 0 Å². The van der Waals surface area contributed by atoms with Crippen LogP contribution in [0, 0.1) is 5.92 Å². The van der Waals surface area contributed by atoms with E-state index in [1.165, 1.54) is 51.3 Å². The normalized spacial score (nSPS) is 22.3. The van der Waals surface area contributed by atoms with Gasteiger partial charge in [0.1, 0.15) is 11.5 Å². The molecule has 29 heavy (non-hydrogen) atoms. The molecule has 2 aliphatic rings. The third kappa shape index (κ3) is 4.88. The van der Waals surface area contributed by atoms with Crippen LogP contribution in [0.5, 0.6) is 11.5 Å². The molecular weight excluding hydrogens is 362 g/mol. The number of phenols is 1. The number of aromatic hydroxyl groups is 1. The highest BCUT2D eigenvalue weighted by molar-refractivity contribution is 6.08. The Hall–Kier alpha value is -2.59. The standard InChI is InChI=1S/C25H29NO3/c27-24(14-11-19-7-2-1-3-8-19)22-13-12-21(17-25(22)28)29-18-20-9-6-16-26-15-5-4-10-23(20)26/h1-3,7-8,11-14,17,20,23,28H,4-6,9-10,15-16,18H2/b14-11+. The zero-order valence-electron chi connectivity index (χ0n) is 16.8. The van der Waals surface area contributed by atoms with Crippen LogP contribution in [0.2, 0.25) is 0 Å². The number of phenolic OH excluding ortho intramolecular Hbond substituents is 1. The van der Waals surface area contributed by atoms with Crippen LogP contribution in [0.25, 0.3) is 6.08 Å². The lowest BCUT2D eigenvalue weighted by Crippen LogP contribution is -2.49. The predicted molar refractivity (Wildman–Crippen MR) is 115 cm³/mol. The number of piperidine rings is 2. The molecule has 2 unspecified atom stereocenters. The summed E-state index contributed by atoms with van der Waals surface area (Å²) in [6, 6.07) is 15.3. The van der Waals surface area contributed by atoms with Crippen molar-refractivity contribution in [2.24, 2.45) is 5.92 Å². The van der Waals surface area contributed by atoms with Gasteiger partial charge in [-0.05, 0) is 62.5 Å². The highest BCUT2D eigenvalue weighted by atomic mass is 16.5. The fourth-order valence-electron chi connectivity index (χ4n) is 4.61. The molecule has 0 spiro atoms. The zero-order chi connectivity index (χ0) is 20.1. The van der Waals surface area contributed by atoms with Gasteiger partial charge in [-0.3, -0.25) is 9.69 Å². The molecule has 2 aliphatic heterocycles. The van der Waals surface area contributed by atoms with Gasteiger partial charge in [0.15, 0.2) is 5.78 Å². The molecule has 2 fully saturated rings. The van der Waals surface area contributed by atoms with Gasteiger partial charge in [-0.2, -0.15) is 0 Å². The molecule has 0 amide bonds. The maximum absolute atomic E-state index is 12.4. The molecule has 0 saturated carbocycles. The fraction of sp³-hybridized carbons (Fsp3) is 0.400. The van der Waals surface area contributed by atoms with Gasteiger partial charge in [0.2, 0.25) is 0 Å². The van der Waals surface area contributed by atoms with E-state index in [4.69, 9.17) is 4.74 Å². The van der Waals surface area contributed by atoms with Crippen molar-refractivity contribution < 1.29 is 14.6 Å². The molecule has 2 heterocycles. The number of ketones is 1. The summed E-state index contributed by atoms with van der Waals surface area (Å²) in [7, 11) is 0. The lowest BCUT2D eigenvalue weighted by molar-refractivity contribution is 0.0366. The largest absolute Gasteiger partial charge is 0.507 e. The van der Waals surface area contributed by atoms with Crippen LogP contribution in [-0.4, -0.2) is 41.5 Å². The van der Waals surface area contributed by atoms with E-state index in [-0.39, 0.29) is 11.5 Å². The van der Waals surface area contributed by atoms with E-state index in [1.54, 1.807) is 24.3 Å². The van der Waals surface area contributed by atoms with Crippen molar-refractivity contribution in [1.82, 2.24) is 4.90 Å². The van der Waals surface area contributed by atoms with Crippen LogP contribution in [0.1, 0.15) is 48.0 Å². The van der Waals surface area contributed by atoms with Crippen molar-refractivity contribution >= 4 is 11.9 Å². The van der Waals surface area contributed by atoms with E-state index in [0.717, 1.165) is 5.56 Å². The average Bonchev–Trinajstić information content (AvgIpc) is 2.77. The number of carbonyl (C=O) groups is 1. The van der Waals surface area contributed by atoms with E-state index in [9.17, 15) is 9.90 Å². The topological polar surface area (TPSA) is 49.8 Å². The molecule has 4 nitrogen and oxygen atoms in total.